The van der Waals surface area contributed by atoms with Crippen LogP contribution in [0.4, 0.5) is 0 Å². The van der Waals surface area contributed by atoms with Crippen molar-refractivity contribution in [1.29, 1.82) is 0 Å². The molecular weight excluding hydrogens is 396 g/mol. The number of hydrogen-bond donors (Lipinski definition) is 1. The van der Waals surface area contributed by atoms with Crippen LogP contribution in [-0.2, 0) is 19.6 Å². The van der Waals surface area contributed by atoms with Gasteiger partial charge >= 0.3 is 5.97 Å². The summed E-state index contributed by atoms with van der Waals surface area (Å²) in [6.45, 7) is 8.46. The second-order valence-corrected chi connectivity index (χ2v) is 8.87. The molecule has 1 aromatic rings. The topological polar surface area (TPSA) is 102 Å². The number of rotatable bonds is 8. The maximum Gasteiger partial charge on any atom is 0.309 e. The van der Waals surface area contributed by atoms with Crippen molar-refractivity contribution in [2.45, 2.75) is 51.5 Å². The predicted molar refractivity (Wildman–Crippen MR) is 108 cm³/mol. The molecule has 2 rings (SSSR count). The number of piperidine rings is 1. The van der Waals surface area contributed by atoms with Crippen molar-refractivity contribution < 1.29 is 27.5 Å². The van der Waals surface area contributed by atoms with Gasteiger partial charge in [-0.3, -0.25) is 9.59 Å². The molecule has 1 saturated heterocycles. The maximum atomic E-state index is 12.9. The van der Waals surface area contributed by atoms with Gasteiger partial charge in [-0.1, -0.05) is 0 Å². The lowest BCUT2D eigenvalue weighted by Crippen LogP contribution is -2.40. The molecule has 0 bridgehead atoms. The van der Waals surface area contributed by atoms with Gasteiger partial charge in [-0.2, -0.15) is 0 Å². The molecule has 29 heavy (non-hydrogen) atoms. The molecule has 0 unspecified atom stereocenters. The molecule has 0 atom stereocenters. The van der Waals surface area contributed by atoms with Crippen molar-refractivity contribution in [3.8, 4) is 5.75 Å². The molecule has 1 heterocycles. The number of carbonyl (C=O) groups excluding carboxylic acids is 2. The van der Waals surface area contributed by atoms with Crippen LogP contribution in [0, 0.1) is 5.92 Å². The fourth-order valence-corrected chi connectivity index (χ4v) is 4.68. The molecule has 1 aliphatic rings. The number of carbonyl (C=O) groups is 2. The van der Waals surface area contributed by atoms with E-state index in [-0.39, 0.29) is 40.0 Å². The van der Waals surface area contributed by atoms with Gasteiger partial charge in [0.2, 0.25) is 10.0 Å². The number of sulfonamides is 1. The first-order chi connectivity index (χ1) is 13.7. The molecule has 1 fully saturated rings. The second kappa shape index (κ2) is 10.1. The summed E-state index contributed by atoms with van der Waals surface area (Å²) in [4.78, 5) is 26.4. The minimum atomic E-state index is -3.83. The molecule has 0 radical (unpaired) electrons. The van der Waals surface area contributed by atoms with E-state index < -0.39 is 10.0 Å². The highest BCUT2D eigenvalue weighted by Gasteiger charge is 2.30. The van der Waals surface area contributed by atoms with E-state index in [9.17, 15) is 18.0 Å². The monoisotopic (exact) mass is 426 g/mol. The molecule has 1 aromatic carbocycles. The Balaban J connectivity index is 2.21. The third-order valence-electron chi connectivity index (χ3n) is 4.57. The van der Waals surface area contributed by atoms with Crippen molar-refractivity contribution in [3.63, 3.8) is 0 Å². The molecule has 9 heteroatoms. The first-order valence-corrected chi connectivity index (χ1v) is 11.4. The first kappa shape index (κ1) is 23.2. The van der Waals surface area contributed by atoms with Crippen LogP contribution in [0.3, 0.4) is 0 Å². The largest absolute Gasteiger partial charge is 0.492 e. The summed E-state index contributed by atoms with van der Waals surface area (Å²) in [5, 5.41) is 0. The van der Waals surface area contributed by atoms with Crippen molar-refractivity contribution in [2.24, 2.45) is 5.92 Å². The highest BCUT2D eigenvalue weighted by molar-refractivity contribution is 7.89. The van der Waals surface area contributed by atoms with Gasteiger partial charge in [0, 0.05) is 24.7 Å². The Morgan fingerprint density at radius 3 is 2.38 bits per heavy atom. The van der Waals surface area contributed by atoms with E-state index in [1.165, 1.54) is 12.1 Å². The van der Waals surface area contributed by atoms with Crippen LogP contribution < -0.4 is 9.46 Å². The smallest absolute Gasteiger partial charge is 0.309 e. The van der Waals surface area contributed by atoms with Gasteiger partial charge in [0.15, 0.2) is 0 Å². The van der Waals surface area contributed by atoms with Crippen molar-refractivity contribution in [3.05, 3.63) is 23.8 Å². The minimum absolute atomic E-state index is 0.0553. The lowest BCUT2D eigenvalue weighted by Gasteiger charge is -2.31. The summed E-state index contributed by atoms with van der Waals surface area (Å²) < 4.78 is 38.4. The number of benzene rings is 1. The number of ether oxygens (including phenoxy) is 2. The van der Waals surface area contributed by atoms with E-state index in [1.54, 1.807) is 38.7 Å². The summed E-state index contributed by atoms with van der Waals surface area (Å²) in [6.07, 6.45) is 1.06. The quantitative estimate of drug-likeness (QED) is 0.640. The summed E-state index contributed by atoms with van der Waals surface area (Å²) in [5.41, 5.74) is 0.271. The Kier molecular flexibility index (Phi) is 8.04. The molecule has 1 N–H and O–H groups in total. The molecule has 0 saturated carbocycles. The van der Waals surface area contributed by atoms with Gasteiger partial charge in [0.25, 0.3) is 5.91 Å². The van der Waals surface area contributed by atoms with Crippen LogP contribution in [0.5, 0.6) is 5.75 Å². The van der Waals surface area contributed by atoms with E-state index >= 15 is 0 Å². The maximum absolute atomic E-state index is 12.9. The normalized spacial score (nSPS) is 15.4. The lowest BCUT2D eigenvalue weighted by atomic mass is 9.96. The second-order valence-electron chi connectivity index (χ2n) is 7.19. The number of esters is 1. The Hall–Kier alpha value is -2.13. The third kappa shape index (κ3) is 5.93. The van der Waals surface area contributed by atoms with E-state index in [2.05, 4.69) is 4.72 Å². The van der Waals surface area contributed by atoms with E-state index in [0.717, 1.165) is 0 Å². The molecule has 1 aliphatic heterocycles. The average Bonchev–Trinajstić information content (AvgIpc) is 2.67. The standard InChI is InChI=1S/C20H30N2O6S/c1-5-27-17-8-7-16(13-18(17)29(25,26)21-14(3)4)19(23)22-11-9-15(10-12-22)20(24)28-6-2/h7-8,13-15,21H,5-6,9-12H2,1-4H3. The molecule has 162 valence electrons. The van der Waals surface area contributed by atoms with Crippen LogP contribution in [0.1, 0.15) is 50.9 Å². The van der Waals surface area contributed by atoms with Crippen LogP contribution in [-0.4, -0.2) is 57.5 Å². The summed E-state index contributed by atoms with van der Waals surface area (Å²) in [6, 6.07) is 4.14. The van der Waals surface area contributed by atoms with E-state index in [4.69, 9.17) is 9.47 Å². The minimum Gasteiger partial charge on any atom is -0.492 e. The molecule has 8 nitrogen and oxygen atoms in total. The number of likely N-dealkylation sites (tertiary alicyclic amines) is 1. The van der Waals surface area contributed by atoms with Gasteiger partial charge < -0.3 is 14.4 Å². The Morgan fingerprint density at radius 1 is 1.17 bits per heavy atom. The Bertz CT molecular complexity index is 829. The number of hydrogen-bond acceptors (Lipinski definition) is 6. The fourth-order valence-electron chi connectivity index (χ4n) is 3.26. The van der Waals surface area contributed by atoms with Crippen molar-refractivity contribution in [2.75, 3.05) is 26.3 Å². The molecule has 0 aliphatic carbocycles. The molecule has 1 amide bonds. The van der Waals surface area contributed by atoms with Crippen LogP contribution in [0.2, 0.25) is 0 Å². The number of amides is 1. The van der Waals surface area contributed by atoms with Gasteiger partial charge in [0.05, 0.1) is 19.1 Å². The molecule has 0 spiro atoms. The van der Waals surface area contributed by atoms with Gasteiger partial charge in [-0.15, -0.1) is 0 Å². The summed E-state index contributed by atoms with van der Waals surface area (Å²) >= 11 is 0. The zero-order chi connectivity index (χ0) is 21.6. The predicted octanol–water partition coefficient (Wildman–Crippen LogP) is 2.19. The van der Waals surface area contributed by atoms with Crippen LogP contribution >= 0.6 is 0 Å². The lowest BCUT2D eigenvalue weighted by molar-refractivity contribution is -0.149. The SMILES string of the molecule is CCOC(=O)C1CCN(C(=O)c2ccc(OCC)c(S(=O)(=O)NC(C)C)c2)CC1. The summed E-state index contributed by atoms with van der Waals surface area (Å²) in [7, 11) is -3.83. The van der Waals surface area contributed by atoms with Crippen LogP contribution in [0.15, 0.2) is 23.1 Å². The first-order valence-electron chi connectivity index (χ1n) is 9.94. The van der Waals surface area contributed by atoms with E-state index in [1.807, 2.05) is 0 Å². The van der Waals surface area contributed by atoms with Crippen molar-refractivity contribution in [1.82, 2.24) is 9.62 Å². The van der Waals surface area contributed by atoms with Gasteiger partial charge in [0.1, 0.15) is 10.6 Å². The fraction of sp³-hybridized carbons (Fsp3) is 0.600. The Morgan fingerprint density at radius 2 is 1.83 bits per heavy atom. The van der Waals surface area contributed by atoms with Gasteiger partial charge in [-0.05, 0) is 58.7 Å². The highest BCUT2D eigenvalue weighted by atomic mass is 32.2. The number of nitrogens with zero attached hydrogens (tertiary/aromatic N) is 1. The van der Waals surface area contributed by atoms with E-state index in [0.29, 0.717) is 39.1 Å². The van der Waals surface area contributed by atoms with Crippen LogP contribution in [0.25, 0.3) is 0 Å². The molecule has 0 aromatic heterocycles. The number of nitrogens with one attached hydrogen (secondary N) is 1. The Labute approximate surface area is 172 Å². The third-order valence-corrected chi connectivity index (χ3v) is 6.25. The zero-order valence-electron chi connectivity index (χ0n) is 17.4. The summed E-state index contributed by atoms with van der Waals surface area (Å²) in [5.74, 6) is -0.492. The highest BCUT2D eigenvalue weighted by Crippen LogP contribution is 2.27. The van der Waals surface area contributed by atoms with Gasteiger partial charge in [-0.25, -0.2) is 13.1 Å². The molecular formula is C20H30N2O6S. The zero-order valence-corrected chi connectivity index (χ0v) is 18.3. The van der Waals surface area contributed by atoms with Crippen molar-refractivity contribution >= 4 is 21.9 Å². The average molecular weight is 427 g/mol.